The highest BCUT2D eigenvalue weighted by molar-refractivity contribution is 6.00. The molecule has 0 bridgehead atoms. The molecule has 16 nitrogen and oxygen atoms in total. The van der Waals surface area contributed by atoms with E-state index in [2.05, 4.69) is 9.97 Å². The molecule has 0 N–H and O–H groups in total. The number of ketones is 2. The van der Waals surface area contributed by atoms with Crippen molar-refractivity contribution in [2.75, 3.05) is 27.7 Å². The number of imidazole rings is 1. The predicted molar refractivity (Wildman–Crippen MR) is 231 cm³/mol. The number of amides is 1. The van der Waals surface area contributed by atoms with E-state index in [0.717, 1.165) is 11.2 Å². The number of ether oxygens (including phenoxy) is 6. The first-order valence-electron chi connectivity index (χ1n) is 22.3. The highest BCUT2D eigenvalue weighted by Gasteiger charge is 2.54. The maximum atomic E-state index is 14.8. The quantitative estimate of drug-likeness (QED) is 0.0911. The average molecular weight is 876 g/mol. The van der Waals surface area contributed by atoms with Crippen LogP contribution in [0.5, 0.6) is 0 Å². The number of esters is 2. The number of cyclic esters (lactones) is 1. The minimum Gasteiger partial charge on any atom is -0.458 e. The van der Waals surface area contributed by atoms with Crippen molar-refractivity contribution in [2.45, 2.75) is 142 Å². The van der Waals surface area contributed by atoms with E-state index in [1.807, 2.05) is 49.5 Å². The molecule has 13 atom stereocenters. The molecule has 0 aliphatic carbocycles. The lowest BCUT2D eigenvalue weighted by atomic mass is 9.75. The molecule has 3 fully saturated rings. The highest BCUT2D eigenvalue weighted by Crippen LogP contribution is 2.40. The predicted octanol–water partition coefficient (Wildman–Crippen LogP) is 5.89. The molecule has 2 unspecified atom stereocenters. The molecule has 0 radical (unpaired) electrons. The number of carbonyl (C=O) groups excluding carboxylic acids is 5. The largest absolute Gasteiger partial charge is 0.458 e. The van der Waals surface area contributed by atoms with E-state index >= 15 is 0 Å². The average Bonchev–Trinajstić information content (AvgIpc) is 3.84. The van der Waals surface area contributed by atoms with Crippen LogP contribution in [0, 0.1) is 23.7 Å². The van der Waals surface area contributed by atoms with E-state index in [1.54, 1.807) is 75.5 Å². The van der Waals surface area contributed by atoms with Crippen molar-refractivity contribution in [1.29, 1.82) is 0 Å². The SMILES string of the molecule is CC[C@H]1OC(=O)[C@H](C)C(=O)[C@H](C)[C@@H](OC2O[C@H](C)C[C@H](N(C)C)[C@H]2OC(=O)c2ccccc2)[C@](C)(OC)C[C@@H](C)C(=O)[C@H](C)[C@@H]2C1OC(=O)N2CCCCn1cnc2cccnc21. The summed E-state index contributed by atoms with van der Waals surface area (Å²) in [7, 11) is 5.26. The topological polar surface area (TPSA) is 178 Å². The number of nitrogens with zero attached hydrogens (tertiary/aromatic N) is 5. The van der Waals surface area contributed by atoms with Crippen LogP contribution in [0.3, 0.4) is 0 Å². The summed E-state index contributed by atoms with van der Waals surface area (Å²) in [5.74, 6) is -5.70. The minimum atomic E-state index is -1.33. The highest BCUT2D eigenvalue weighted by atomic mass is 16.7. The van der Waals surface area contributed by atoms with Crippen LogP contribution in [0.1, 0.15) is 90.9 Å². The zero-order valence-corrected chi connectivity index (χ0v) is 38.3. The molecule has 2 aromatic heterocycles. The molecule has 63 heavy (non-hydrogen) atoms. The van der Waals surface area contributed by atoms with Crippen LogP contribution in [-0.4, -0.2) is 136 Å². The van der Waals surface area contributed by atoms with Gasteiger partial charge in [-0.15, -0.1) is 0 Å². The molecule has 3 aliphatic heterocycles. The van der Waals surface area contributed by atoms with Crippen LogP contribution in [0.25, 0.3) is 11.2 Å². The lowest BCUT2D eigenvalue weighted by molar-refractivity contribution is -0.294. The number of methoxy groups -OCH3 is 1. The summed E-state index contributed by atoms with van der Waals surface area (Å²) in [4.78, 5) is 83.1. The maximum Gasteiger partial charge on any atom is 0.410 e. The zero-order chi connectivity index (χ0) is 45.7. The summed E-state index contributed by atoms with van der Waals surface area (Å²) in [5, 5.41) is 0. The third kappa shape index (κ3) is 10.3. The fraction of sp³-hybridized carbons (Fsp3) is 0.638. The van der Waals surface area contributed by atoms with Crippen LogP contribution >= 0.6 is 0 Å². The number of unbranched alkanes of at least 4 members (excludes halogenated alkanes) is 1. The number of rotatable bonds is 12. The summed E-state index contributed by atoms with van der Waals surface area (Å²) < 4.78 is 39.9. The van der Waals surface area contributed by atoms with Gasteiger partial charge in [0.05, 0.1) is 41.8 Å². The number of likely N-dealkylation sites (N-methyl/N-ethyl adjacent to an activating group) is 1. The number of fused-ring (bicyclic) bond motifs is 2. The van der Waals surface area contributed by atoms with Crippen LogP contribution in [0.4, 0.5) is 4.79 Å². The van der Waals surface area contributed by atoms with Gasteiger partial charge in [-0.2, -0.15) is 0 Å². The Hall–Kier alpha value is -4.77. The minimum absolute atomic E-state index is 0.0952. The van der Waals surface area contributed by atoms with Crippen LogP contribution in [0.15, 0.2) is 55.0 Å². The van der Waals surface area contributed by atoms with E-state index < -0.39 is 89.8 Å². The molecule has 5 heterocycles. The number of Topliss-reactive ketones (excluding diaryl/α,β-unsaturated/α-hetero) is 2. The van der Waals surface area contributed by atoms with E-state index in [9.17, 15) is 24.0 Å². The van der Waals surface area contributed by atoms with E-state index in [0.29, 0.717) is 31.4 Å². The molecule has 0 spiro atoms. The van der Waals surface area contributed by atoms with Crippen molar-refractivity contribution in [3.63, 3.8) is 0 Å². The third-order valence-electron chi connectivity index (χ3n) is 13.3. The number of aryl methyl sites for hydroxylation is 1. The summed E-state index contributed by atoms with van der Waals surface area (Å²) >= 11 is 0. The maximum absolute atomic E-state index is 14.8. The third-order valence-corrected chi connectivity index (χ3v) is 13.3. The molecule has 6 rings (SSSR count). The smallest absolute Gasteiger partial charge is 0.410 e. The Morgan fingerprint density at radius 2 is 1.63 bits per heavy atom. The van der Waals surface area contributed by atoms with Crippen molar-refractivity contribution >= 4 is 40.8 Å². The zero-order valence-electron chi connectivity index (χ0n) is 38.3. The molecule has 344 valence electrons. The van der Waals surface area contributed by atoms with E-state index in [4.69, 9.17) is 28.4 Å². The lowest BCUT2D eigenvalue weighted by Crippen LogP contribution is -2.60. The summed E-state index contributed by atoms with van der Waals surface area (Å²) in [6.45, 7) is 13.1. The van der Waals surface area contributed by atoms with Gasteiger partial charge < -0.3 is 42.8 Å². The van der Waals surface area contributed by atoms with Gasteiger partial charge in [-0.1, -0.05) is 45.9 Å². The fourth-order valence-electron chi connectivity index (χ4n) is 9.67. The Balaban J connectivity index is 1.30. The van der Waals surface area contributed by atoms with Crippen molar-refractivity contribution in [3.8, 4) is 0 Å². The molecule has 3 aliphatic rings. The second-order valence-corrected chi connectivity index (χ2v) is 18.0. The van der Waals surface area contributed by atoms with Gasteiger partial charge in [0, 0.05) is 44.1 Å². The van der Waals surface area contributed by atoms with Gasteiger partial charge in [0.1, 0.15) is 23.3 Å². The number of carbonyl (C=O) groups is 5. The number of aromatic nitrogens is 3. The molecule has 0 saturated carbocycles. The Morgan fingerprint density at radius 1 is 0.921 bits per heavy atom. The monoisotopic (exact) mass is 875 g/mol. The number of benzene rings is 1. The second-order valence-electron chi connectivity index (χ2n) is 18.0. The molecule has 1 aromatic carbocycles. The van der Waals surface area contributed by atoms with Crippen molar-refractivity contribution in [3.05, 3.63) is 60.6 Å². The van der Waals surface area contributed by atoms with E-state index in [-0.39, 0.29) is 37.3 Å². The first kappa shape index (κ1) is 47.7. The van der Waals surface area contributed by atoms with Gasteiger partial charge >= 0.3 is 18.0 Å². The van der Waals surface area contributed by atoms with Gasteiger partial charge in [0.15, 0.2) is 29.9 Å². The van der Waals surface area contributed by atoms with Crippen molar-refractivity contribution in [1.82, 2.24) is 24.3 Å². The molecule has 1 amide bonds. The first-order chi connectivity index (χ1) is 30.0. The Bertz CT molecular complexity index is 2080. The van der Waals surface area contributed by atoms with Gasteiger partial charge in [-0.25, -0.2) is 19.6 Å². The van der Waals surface area contributed by atoms with Gasteiger partial charge in [-0.3, -0.25) is 14.4 Å². The van der Waals surface area contributed by atoms with Gasteiger partial charge in [0.2, 0.25) is 0 Å². The number of pyridine rings is 1. The fourth-order valence-corrected chi connectivity index (χ4v) is 9.67. The molecular weight excluding hydrogens is 811 g/mol. The number of hydrogen-bond acceptors (Lipinski definition) is 14. The normalized spacial score (nSPS) is 33.5. The van der Waals surface area contributed by atoms with Crippen molar-refractivity contribution < 1.29 is 52.4 Å². The summed E-state index contributed by atoms with van der Waals surface area (Å²) in [6, 6.07) is 11.3. The Morgan fingerprint density at radius 3 is 2.32 bits per heavy atom. The second kappa shape index (κ2) is 20.4. The Labute approximate surface area is 370 Å². The summed E-state index contributed by atoms with van der Waals surface area (Å²) in [5.41, 5.74) is 0.586. The van der Waals surface area contributed by atoms with Crippen molar-refractivity contribution in [2.24, 2.45) is 23.7 Å². The molecule has 16 heteroatoms. The standard InChI is InChI=1S/C47H65N5O11/c1-11-35-40-36(52(46(57)62-40)23-16-15-22-51-26-49-33-20-17-21-48-42(33)51)29(4)37(53)27(2)25-47(7,58-10)41(30(5)38(54)31(6)43(55)60-35)63-45-39(34(50(8)9)24-28(3)59-45)61-44(56)32-18-13-12-14-19-32/h12-14,17-21,26-31,34-36,39-41,45H,11,15-16,22-25H2,1-10H3/t27-,28-,29-,30+,31-,34+,35-,36-,39-,40?,41-,45?,47-/m1/s1. The molecule has 3 saturated heterocycles. The first-order valence-corrected chi connectivity index (χ1v) is 22.3. The molecular formula is C47H65N5O11. The lowest BCUT2D eigenvalue weighted by Gasteiger charge is -2.47. The van der Waals surface area contributed by atoms with Crippen LogP contribution in [0.2, 0.25) is 0 Å². The van der Waals surface area contributed by atoms with Gasteiger partial charge in [0.25, 0.3) is 0 Å². The number of hydrogen-bond donors (Lipinski definition) is 0. The Kier molecular flexibility index (Phi) is 15.4. The van der Waals surface area contributed by atoms with E-state index in [1.165, 1.54) is 14.0 Å². The van der Waals surface area contributed by atoms with Crippen LogP contribution in [-0.2, 0) is 49.3 Å². The summed E-state index contributed by atoms with van der Waals surface area (Å²) in [6.07, 6.45) is -0.421. The molecule has 3 aromatic rings. The van der Waals surface area contributed by atoms with Gasteiger partial charge in [-0.05, 0) is 91.2 Å². The van der Waals surface area contributed by atoms with Crippen LogP contribution < -0.4 is 0 Å².